The van der Waals surface area contributed by atoms with Crippen LogP contribution in [0.2, 0.25) is 0 Å². The van der Waals surface area contributed by atoms with Crippen molar-refractivity contribution in [2.75, 3.05) is 6.54 Å². The normalized spacial score (nSPS) is 23.4. The van der Waals surface area contributed by atoms with Crippen LogP contribution in [0.3, 0.4) is 0 Å². The molecule has 104 valence electrons. The average molecular weight is 265 g/mol. The SMILES string of the molecule is CCC1CCN(C(=O)c2cnn(C)c2)C(C(=O)O)C1. The molecule has 2 rings (SSSR count). The van der Waals surface area contributed by atoms with Crippen LogP contribution in [-0.2, 0) is 11.8 Å². The van der Waals surface area contributed by atoms with Crippen molar-refractivity contribution in [2.45, 2.75) is 32.2 Å². The quantitative estimate of drug-likeness (QED) is 0.889. The molecule has 1 amide bonds. The molecule has 1 aliphatic heterocycles. The Morgan fingerprint density at radius 1 is 1.53 bits per heavy atom. The molecule has 0 spiro atoms. The molecule has 0 bridgehead atoms. The number of rotatable bonds is 3. The fourth-order valence-corrected chi connectivity index (χ4v) is 2.58. The molecule has 19 heavy (non-hydrogen) atoms. The highest BCUT2D eigenvalue weighted by Crippen LogP contribution is 2.26. The maximum atomic E-state index is 12.3. The van der Waals surface area contributed by atoms with Crippen molar-refractivity contribution < 1.29 is 14.7 Å². The number of likely N-dealkylation sites (tertiary alicyclic amines) is 1. The number of carboxylic acids is 1. The number of carbonyl (C=O) groups excluding carboxylic acids is 1. The molecule has 1 fully saturated rings. The number of carbonyl (C=O) groups is 2. The van der Waals surface area contributed by atoms with Crippen LogP contribution in [0.5, 0.6) is 0 Å². The molecule has 6 nitrogen and oxygen atoms in total. The molecule has 2 atom stereocenters. The summed E-state index contributed by atoms with van der Waals surface area (Å²) in [7, 11) is 1.73. The number of hydrogen-bond acceptors (Lipinski definition) is 3. The molecule has 0 saturated carbocycles. The van der Waals surface area contributed by atoms with E-state index in [1.165, 1.54) is 11.1 Å². The Bertz CT molecular complexity index is 483. The Labute approximate surface area is 112 Å². The lowest BCUT2D eigenvalue weighted by Gasteiger charge is -2.36. The summed E-state index contributed by atoms with van der Waals surface area (Å²) in [6.45, 7) is 2.56. The Morgan fingerprint density at radius 2 is 2.26 bits per heavy atom. The van der Waals surface area contributed by atoms with E-state index in [-0.39, 0.29) is 5.91 Å². The minimum atomic E-state index is -0.921. The summed E-state index contributed by atoms with van der Waals surface area (Å²) in [5.74, 6) is -0.774. The minimum absolute atomic E-state index is 0.241. The van der Waals surface area contributed by atoms with E-state index in [4.69, 9.17) is 0 Å². The minimum Gasteiger partial charge on any atom is -0.480 e. The summed E-state index contributed by atoms with van der Waals surface area (Å²) >= 11 is 0. The first-order valence-electron chi connectivity index (χ1n) is 6.55. The van der Waals surface area contributed by atoms with Crippen molar-refractivity contribution in [1.82, 2.24) is 14.7 Å². The van der Waals surface area contributed by atoms with Gasteiger partial charge in [0.2, 0.25) is 0 Å². The van der Waals surface area contributed by atoms with Gasteiger partial charge in [0.05, 0.1) is 11.8 Å². The molecule has 1 aromatic heterocycles. The third kappa shape index (κ3) is 2.77. The van der Waals surface area contributed by atoms with Gasteiger partial charge in [0.1, 0.15) is 6.04 Å². The Morgan fingerprint density at radius 3 is 2.79 bits per heavy atom. The van der Waals surface area contributed by atoms with Crippen LogP contribution in [0.25, 0.3) is 0 Å². The second-order valence-electron chi connectivity index (χ2n) is 5.05. The molecular formula is C13H19N3O3. The van der Waals surface area contributed by atoms with Gasteiger partial charge in [0, 0.05) is 19.8 Å². The van der Waals surface area contributed by atoms with Crippen LogP contribution in [0, 0.1) is 5.92 Å². The molecule has 0 aliphatic carbocycles. The number of aliphatic carboxylic acids is 1. The van der Waals surface area contributed by atoms with Crippen LogP contribution >= 0.6 is 0 Å². The van der Waals surface area contributed by atoms with Gasteiger partial charge in [-0.1, -0.05) is 13.3 Å². The van der Waals surface area contributed by atoms with Crippen LogP contribution in [-0.4, -0.2) is 44.3 Å². The van der Waals surface area contributed by atoms with Crippen molar-refractivity contribution in [2.24, 2.45) is 13.0 Å². The average Bonchev–Trinajstić information content (AvgIpc) is 2.83. The molecule has 1 N–H and O–H groups in total. The maximum Gasteiger partial charge on any atom is 0.326 e. The van der Waals surface area contributed by atoms with E-state index >= 15 is 0 Å². The summed E-state index contributed by atoms with van der Waals surface area (Å²) in [6.07, 6.45) is 5.46. The summed E-state index contributed by atoms with van der Waals surface area (Å²) < 4.78 is 1.54. The Balaban J connectivity index is 2.17. The zero-order chi connectivity index (χ0) is 14.0. The molecule has 1 saturated heterocycles. The molecule has 0 aromatic carbocycles. The highest BCUT2D eigenvalue weighted by Gasteiger charge is 2.36. The predicted molar refractivity (Wildman–Crippen MR) is 68.7 cm³/mol. The van der Waals surface area contributed by atoms with Crippen molar-refractivity contribution in [3.63, 3.8) is 0 Å². The fraction of sp³-hybridized carbons (Fsp3) is 0.615. The van der Waals surface area contributed by atoms with Gasteiger partial charge < -0.3 is 10.0 Å². The van der Waals surface area contributed by atoms with Crippen molar-refractivity contribution in [3.05, 3.63) is 18.0 Å². The van der Waals surface area contributed by atoms with E-state index < -0.39 is 12.0 Å². The van der Waals surface area contributed by atoms with Gasteiger partial charge in [0.25, 0.3) is 5.91 Å². The number of aromatic nitrogens is 2. The first-order valence-corrected chi connectivity index (χ1v) is 6.55. The zero-order valence-corrected chi connectivity index (χ0v) is 11.2. The number of amides is 1. The Hall–Kier alpha value is -1.85. The van der Waals surface area contributed by atoms with E-state index in [1.54, 1.807) is 17.9 Å². The van der Waals surface area contributed by atoms with Gasteiger partial charge in [-0.3, -0.25) is 9.48 Å². The number of aryl methyl sites for hydroxylation is 1. The molecule has 1 aliphatic rings. The van der Waals surface area contributed by atoms with Crippen molar-refractivity contribution in [3.8, 4) is 0 Å². The lowest BCUT2D eigenvalue weighted by atomic mass is 9.88. The monoisotopic (exact) mass is 265 g/mol. The standard InChI is InChI=1S/C13H19N3O3/c1-3-9-4-5-16(11(6-9)13(18)19)12(17)10-7-14-15(2)8-10/h7-9,11H,3-6H2,1-2H3,(H,18,19). The highest BCUT2D eigenvalue weighted by molar-refractivity contribution is 5.96. The van der Waals surface area contributed by atoms with Gasteiger partial charge in [-0.05, 0) is 18.8 Å². The second-order valence-corrected chi connectivity index (χ2v) is 5.05. The second kappa shape index (κ2) is 5.42. The smallest absolute Gasteiger partial charge is 0.326 e. The van der Waals surface area contributed by atoms with Crippen LogP contribution < -0.4 is 0 Å². The summed E-state index contributed by atoms with van der Waals surface area (Å²) in [6, 6.07) is -0.716. The van der Waals surface area contributed by atoms with E-state index in [0.717, 1.165) is 12.8 Å². The first-order chi connectivity index (χ1) is 9.02. The van der Waals surface area contributed by atoms with E-state index in [9.17, 15) is 14.7 Å². The topological polar surface area (TPSA) is 75.4 Å². The Kier molecular flexibility index (Phi) is 3.87. The summed E-state index contributed by atoms with van der Waals surface area (Å²) in [4.78, 5) is 25.1. The molecule has 0 radical (unpaired) electrons. The van der Waals surface area contributed by atoms with E-state index in [0.29, 0.717) is 24.4 Å². The van der Waals surface area contributed by atoms with Crippen LogP contribution in [0.15, 0.2) is 12.4 Å². The molecule has 2 unspecified atom stereocenters. The van der Waals surface area contributed by atoms with Crippen LogP contribution in [0.4, 0.5) is 0 Å². The van der Waals surface area contributed by atoms with Crippen molar-refractivity contribution in [1.29, 1.82) is 0 Å². The highest BCUT2D eigenvalue weighted by atomic mass is 16.4. The molecule has 6 heteroatoms. The number of carboxylic acid groups (broad SMARTS) is 1. The van der Waals surface area contributed by atoms with Crippen LogP contribution in [0.1, 0.15) is 36.5 Å². The summed E-state index contributed by atoms with van der Waals surface area (Å²) in [5, 5.41) is 13.3. The number of nitrogens with zero attached hydrogens (tertiary/aromatic N) is 3. The molecule has 1 aromatic rings. The predicted octanol–water partition coefficient (Wildman–Crippen LogP) is 1.14. The van der Waals surface area contributed by atoms with Gasteiger partial charge in [-0.2, -0.15) is 5.10 Å². The van der Waals surface area contributed by atoms with E-state index in [1.807, 2.05) is 0 Å². The van der Waals surface area contributed by atoms with E-state index in [2.05, 4.69) is 12.0 Å². The third-order valence-electron chi connectivity index (χ3n) is 3.79. The molecular weight excluding hydrogens is 246 g/mol. The largest absolute Gasteiger partial charge is 0.480 e. The van der Waals surface area contributed by atoms with Gasteiger partial charge in [0.15, 0.2) is 0 Å². The lowest BCUT2D eigenvalue weighted by molar-refractivity contribution is -0.144. The summed E-state index contributed by atoms with van der Waals surface area (Å²) in [5.41, 5.74) is 0.448. The van der Waals surface area contributed by atoms with Gasteiger partial charge >= 0.3 is 5.97 Å². The maximum absolute atomic E-state index is 12.3. The number of hydrogen-bond donors (Lipinski definition) is 1. The third-order valence-corrected chi connectivity index (χ3v) is 3.79. The van der Waals surface area contributed by atoms with Gasteiger partial charge in [-0.15, -0.1) is 0 Å². The molecule has 2 heterocycles. The van der Waals surface area contributed by atoms with Gasteiger partial charge in [-0.25, -0.2) is 4.79 Å². The lowest BCUT2D eigenvalue weighted by Crippen LogP contribution is -2.50. The number of piperidine rings is 1. The zero-order valence-electron chi connectivity index (χ0n) is 11.2. The first kappa shape index (κ1) is 13.6. The van der Waals surface area contributed by atoms with Crippen molar-refractivity contribution >= 4 is 11.9 Å². The fourth-order valence-electron chi connectivity index (χ4n) is 2.58.